The molecule has 2 heteroatoms. The van der Waals surface area contributed by atoms with Gasteiger partial charge < -0.3 is 10.0 Å². The minimum atomic E-state index is -0.529. The number of rotatable bonds is 4. The van der Waals surface area contributed by atoms with E-state index in [9.17, 15) is 5.11 Å². The van der Waals surface area contributed by atoms with Crippen molar-refractivity contribution in [3.63, 3.8) is 0 Å². The van der Waals surface area contributed by atoms with Gasteiger partial charge in [-0.2, -0.15) is 0 Å². The highest BCUT2D eigenvalue weighted by Gasteiger charge is 2.40. The summed E-state index contributed by atoms with van der Waals surface area (Å²) in [7, 11) is 0. The molecule has 2 aromatic carbocycles. The molecule has 1 saturated heterocycles. The number of aliphatic hydroxyl groups is 1. The van der Waals surface area contributed by atoms with Crippen LogP contribution in [0.5, 0.6) is 0 Å². The molecule has 1 aliphatic heterocycles. The Hall–Kier alpha value is -2.50. The number of β-amino-alcohol motifs (C(OH)–C–C–N with tert-alkyl or cyclic N) is 1. The fourth-order valence-electron chi connectivity index (χ4n) is 3.07. The van der Waals surface area contributed by atoms with E-state index in [0.717, 1.165) is 35.2 Å². The van der Waals surface area contributed by atoms with Gasteiger partial charge in [0, 0.05) is 29.9 Å². The van der Waals surface area contributed by atoms with Crippen LogP contribution in [0.4, 0.5) is 0 Å². The first-order chi connectivity index (χ1) is 11.6. The van der Waals surface area contributed by atoms with E-state index in [4.69, 9.17) is 0 Å². The molecule has 122 valence electrons. The van der Waals surface area contributed by atoms with Crippen LogP contribution in [-0.2, 0) is 0 Å². The first-order valence-corrected chi connectivity index (χ1v) is 8.43. The molecule has 0 unspecified atom stereocenters. The van der Waals surface area contributed by atoms with E-state index in [0.29, 0.717) is 13.1 Å². The molecule has 1 aliphatic rings. The molecule has 1 heterocycles. The largest absolute Gasteiger partial charge is 0.386 e. The third-order valence-electron chi connectivity index (χ3n) is 4.41. The predicted octanol–water partition coefficient (Wildman–Crippen LogP) is 3.90. The van der Waals surface area contributed by atoms with Gasteiger partial charge in [0.25, 0.3) is 0 Å². The van der Waals surface area contributed by atoms with Crippen molar-refractivity contribution >= 4 is 5.70 Å². The average Bonchev–Trinajstić information content (AvgIpc) is 2.59. The summed E-state index contributed by atoms with van der Waals surface area (Å²) < 4.78 is 0. The molecular formula is C22H23NO. The first kappa shape index (κ1) is 16.4. The lowest BCUT2D eigenvalue weighted by molar-refractivity contribution is -0.0764. The van der Waals surface area contributed by atoms with Crippen LogP contribution in [0, 0.1) is 11.8 Å². The molecule has 0 atom stereocenters. The van der Waals surface area contributed by atoms with Crippen LogP contribution in [0.3, 0.4) is 0 Å². The summed E-state index contributed by atoms with van der Waals surface area (Å²) >= 11 is 0. The van der Waals surface area contributed by atoms with Crippen LogP contribution < -0.4 is 0 Å². The van der Waals surface area contributed by atoms with Crippen molar-refractivity contribution in [2.24, 2.45) is 0 Å². The Morgan fingerprint density at radius 1 is 1.04 bits per heavy atom. The number of hydrogen-bond acceptors (Lipinski definition) is 2. The lowest BCUT2D eigenvalue weighted by atomic mass is 9.88. The van der Waals surface area contributed by atoms with Gasteiger partial charge in [0.05, 0.1) is 5.60 Å². The van der Waals surface area contributed by atoms with Crippen LogP contribution in [0.1, 0.15) is 36.5 Å². The number of hydrogen-bond donors (Lipinski definition) is 1. The molecule has 0 bridgehead atoms. The SMILES string of the molecule is C=C(c1ccc(C#Cc2ccccc2)cc1)N1CC(O)(CCC)C1. The Balaban J connectivity index is 1.63. The molecular weight excluding hydrogens is 294 g/mol. The molecule has 0 radical (unpaired) electrons. The number of likely N-dealkylation sites (tertiary alicyclic amines) is 1. The molecule has 2 nitrogen and oxygen atoms in total. The Bertz CT molecular complexity index is 759. The molecule has 3 rings (SSSR count). The van der Waals surface area contributed by atoms with Crippen LogP contribution in [0.15, 0.2) is 61.2 Å². The van der Waals surface area contributed by atoms with Crippen molar-refractivity contribution in [2.45, 2.75) is 25.4 Å². The zero-order valence-corrected chi connectivity index (χ0v) is 14.1. The molecule has 0 spiro atoms. The molecule has 2 aromatic rings. The van der Waals surface area contributed by atoms with Gasteiger partial charge in [-0.3, -0.25) is 0 Å². The van der Waals surface area contributed by atoms with Crippen molar-refractivity contribution < 1.29 is 5.11 Å². The van der Waals surface area contributed by atoms with Gasteiger partial charge in [-0.15, -0.1) is 0 Å². The van der Waals surface area contributed by atoms with Crippen molar-refractivity contribution in [3.8, 4) is 11.8 Å². The van der Waals surface area contributed by atoms with Gasteiger partial charge in [0.1, 0.15) is 0 Å². The number of nitrogens with zero attached hydrogens (tertiary/aromatic N) is 1. The van der Waals surface area contributed by atoms with Crippen LogP contribution >= 0.6 is 0 Å². The number of benzene rings is 2. The standard InChI is InChI=1S/C22H23NO/c1-3-15-22(24)16-23(17-22)18(2)21-13-11-20(12-14-21)10-9-19-7-5-4-6-8-19/h4-8,11-14,24H,2-3,15-17H2,1H3. The van der Waals surface area contributed by atoms with E-state index in [2.05, 4.69) is 42.4 Å². The van der Waals surface area contributed by atoms with Gasteiger partial charge in [-0.25, -0.2) is 0 Å². The summed E-state index contributed by atoms with van der Waals surface area (Å²) in [4.78, 5) is 2.14. The fraction of sp³-hybridized carbons (Fsp3) is 0.273. The van der Waals surface area contributed by atoms with Crippen LogP contribution in [0.2, 0.25) is 0 Å². The lowest BCUT2D eigenvalue weighted by Gasteiger charge is -2.48. The van der Waals surface area contributed by atoms with Crippen molar-refractivity contribution in [3.05, 3.63) is 77.9 Å². The first-order valence-electron chi connectivity index (χ1n) is 8.43. The molecule has 0 amide bonds. The van der Waals surface area contributed by atoms with Gasteiger partial charge >= 0.3 is 0 Å². The van der Waals surface area contributed by atoms with E-state index in [1.807, 2.05) is 42.5 Å². The third-order valence-corrected chi connectivity index (χ3v) is 4.41. The van der Waals surface area contributed by atoms with E-state index >= 15 is 0 Å². The van der Waals surface area contributed by atoms with Gasteiger partial charge in [-0.05, 0) is 36.2 Å². The molecule has 0 aromatic heterocycles. The second-order valence-electron chi connectivity index (χ2n) is 6.47. The van der Waals surface area contributed by atoms with Crippen LogP contribution in [0.25, 0.3) is 5.70 Å². The quantitative estimate of drug-likeness (QED) is 0.865. The van der Waals surface area contributed by atoms with E-state index < -0.39 is 5.60 Å². The highest BCUT2D eigenvalue weighted by Crippen LogP contribution is 2.32. The summed E-state index contributed by atoms with van der Waals surface area (Å²) in [6, 6.07) is 18.1. The second kappa shape index (κ2) is 6.95. The highest BCUT2D eigenvalue weighted by molar-refractivity contribution is 5.64. The maximum absolute atomic E-state index is 10.3. The Labute approximate surface area is 144 Å². The molecule has 0 saturated carbocycles. The summed E-state index contributed by atoms with van der Waals surface area (Å²) in [5.41, 5.74) is 3.53. The third kappa shape index (κ3) is 3.69. The van der Waals surface area contributed by atoms with Gasteiger partial charge in [0.2, 0.25) is 0 Å². The normalized spacial score (nSPS) is 15.2. The topological polar surface area (TPSA) is 23.5 Å². The van der Waals surface area contributed by atoms with E-state index in [1.54, 1.807) is 0 Å². The minimum absolute atomic E-state index is 0.529. The summed E-state index contributed by atoms with van der Waals surface area (Å²) in [6.45, 7) is 7.63. The maximum atomic E-state index is 10.3. The summed E-state index contributed by atoms with van der Waals surface area (Å²) in [5.74, 6) is 6.34. The van der Waals surface area contributed by atoms with E-state index in [1.165, 1.54) is 0 Å². The zero-order chi connectivity index (χ0) is 17.0. The Morgan fingerprint density at radius 3 is 2.21 bits per heavy atom. The summed E-state index contributed by atoms with van der Waals surface area (Å²) in [6.07, 6.45) is 1.86. The molecule has 0 aliphatic carbocycles. The predicted molar refractivity (Wildman–Crippen MR) is 99.3 cm³/mol. The van der Waals surface area contributed by atoms with Crippen molar-refractivity contribution in [1.82, 2.24) is 4.90 Å². The fourth-order valence-corrected chi connectivity index (χ4v) is 3.07. The zero-order valence-electron chi connectivity index (χ0n) is 14.1. The molecule has 1 fully saturated rings. The average molecular weight is 317 g/mol. The van der Waals surface area contributed by atoms with Crippen molar-refractivity contribution in [1.29, 1.82) is 0 Å². The van der Waals surface area contributed by atoms with Crippen LogP contribution in [-0.4, -0.2) is 28.7 Å². The summed E-state index contributed by atoms with van der Waals surface area (Å²) in [5, 5.41) is 10.3. The van der Waals surface area contributed by atoms with Crippen molar-refractivity contribution in [2.75, 3.05) is 13.1 Å². The Kier molecular flexibility index (Phi) is 4.74. The molecule has 24 heavy (non-hydrogen) atoms. The molecule has 1 N–H and O–H groups in total. The van der Waals surface area contributed by atoms with Gasteiger partial charge in [0.15, 0.2) is 0 Å². The smallest absolute Gasteiger partial charge is 0.0995 e. The second-order valence-corrected chi connectivity index (χ2v) is 6.47. The lowest BCUT2D eigenvalue weighted by Crippen LogP contribution is -2.60. The highest BCUT2D eigenvalue weighted by atomic mass is 16.3. The van der Waals surface area contributed by atoms with Gasteiger partial charge in [-0.1, -0.05) is 62.1 Å². The van der Waals surface area contributed by atoms with E-state index in [-0.39, 0.29) is 0 Å². The minimum Gasteiger partial charge on any atom is -0.386 e. The Morgan fingerprint density at radius 2 is 1.62 bits per heavy atom. The maximum Gasteiger partial charge on any atom is 0.0995 e. The monoisotopic (exact) mass is 317 g/mol.